The van der Waals surface area contributed by atoms with Crippen LogP contribution in [0.5, 0.6) is 5.75 Å². The molecule has 4 atom stereocenters. The van der Waals surface area contributed by atoms with Gasteiger partial charge in [-0.05, 0) is 35.8 Å². The molecule has 6 nitrogen and oxygen atoms in total. The standard InChI is InChI=1S/C26H38O6Si/c1-26(2,3)33(5,6)30-19-22(28-17-20-13-9-7-10-14-20)23-18-29-24(27-4)25(32-23)31-21-15-11-8-12-16-21/h7-16,22-25H,17-19H2,1-6H3/t22-,23+,24+,25+/m0/s1. The summed E-state index contributed by atoms with van der Waals surface area (Å²) >= 11 is 0. The Morgan fingerprint density at radius 2 is 1.61 bits per heavy atom. The van der Waals surface area contributed by atoms with Crippen LogP contribution in [0, 0.1) is 0 Å². The molecular weight excluding hydrogens is 436 g/mol. The van der Waals surface area contributed by atoms with Crippen LogP contribution in [0.15, 0.2) is 60.7 Å². The summed E-state index contributed by atoms with van der Waals surface area (Å²) in [5, 5.41) is 0.0982. The van der Waals surface area contributed by atoms with E-state index in [1.165, 1.54) is 0 Å². The Kier molecular flexibility index (Phi) is 9.09. The zero-order valence-electron chi connectivity index (χ0n) is 20.7. The molecule has 1 aliphatic rings. The highest BCUT2D eigenvalue weighted by molar-refractivity contribution is 6.74. The molecular formula is C26H38O6Si. The second-order valence-corrected chi connectivity index (χ2v) is 14.6. The van der Waals surface area contributed by atoms with Crippen LogP contribution >= 0.6 is 0 Å². The van der Waals surface area contributed by atoms with Gasteiger partial charge in [-0.1, -0.05) is 69.3 Å². The fourth-order valence-corrected chi connectivity index (χ4v) is 4.20. The second kappa shape index (κ2) is 11.6. The number of hydrogen-bond acceptors (Lipinski definition) is 6. The summed E-state index contributed by atoms with van der Waals surface area (Å²) in [6.07, 6.45) is -2.03. The van der Waals surface area contributed by atoms with Crippen molar-refractivity contribution >= 4 is 8.32 Å². The molecule has 33 heavy (non-hydrogen) atoms. The van der Waals surface area contributed by atoms with Crippen molar-refractivity contribution in [3.63, 3.8) is 0 Å². The van der Waals surface area contributed by atoms with Gasteiger partial charge in [0, 0.05) is 7.11 Å². The molecule has 0 aliphatic carbocycles. The van der Waals surface area contributed by atoms with Crippen molar-refractivity contribution in [1.29, 1.82) is 0 Å². The number of hydrogen-bond donors (Lipinski definition) is 0. The molecule has 0 unspecified atom stereocenters. The fourth-order valence-electron chi connectivity index (χ4n) is 3.18. The van der Waals surface area contributed by atoms with E-state index < -0.39 is 20.9 Å². The molecule has 1 aliphatic heterocycles. The summed E-state index contributed by atoms with van der Waals surface area (Å²) in [6.45, 7) is 12.4. The van der Waals surface area contributed by atoms with Gasteiger partial charge < -0.3 is 28.1 Å². The van der Waals surface area contributed by atoms with Crippen molar-refractivity contribution in [1.82, 2.24) is 0 Å². The summed E-state index contributed by atoms with van der Waals surface area (Å²) in [4.78, 5) is 0. The van der Waals surface area contributed by atoms with Crippen molar-refractivity contribution in [3.05, 3.63) is 66.2 Å². The van der Waals surface area contributed by atoms with E-state index in [1.54, 1.807) is 7.11 Å². The highest BCUT2D eigenvalue weighted by Crippen LogP contribution is 2.37. The molecule has 1 fully saturated rings. The summed E-state index contributed by atoms with van der Waals surface area (Å²) < 4.78 is 36.6. The van der Waals surface area contributed by atoms with Gasteiger partial charge in [-0.3, -0.25) is 0 Å². The molecule has 2 aromatic rings. The zero-order valence-corrected chi connectivity index (χ0v) is 21.7. The Bertz CT molecular complexity index is 824. The third-order valence-electron chi connectivity index (χ3n) is 6.32. The van der Waals surface area contributed by atoms with Crippen molar-refractivity contribution in [3.8, 4) is 5.75 Å². The van der Waals surface area contributed by atoms with Gasteiger partial charge in [0.1, 0.15) is 18.0 Å². The van der Waals surface area contributed by atoms with Crippen LogP contribution in [0.25, 0.3) is 0 Å². The summed E-state index contributed by atoms with van der Waals surface area (Å²) in [7, 11) is -0.387. The van der Waals surface area contributed by atoms with Crippen molar-refractivity contribution in [2.45, 2.75) is 70.3 Å². The molecule has 0 saturated carbocycles. The summed E-state index contributed by atoms with van der Waals surface area (Å²) in [5.41, 5.74) is 1.10. The first-order chi connectivity index (χ1) is 15.7. The van der Waals surface area contributed by atoms with E-state index in [2.05, 4.69) is 33.9 Å². The highest BCUT2D eigenvalue weighted by Gasteiger charge is 2.41. The minimum atomic E-state index is -1.97. The minimum Gasteiger partial charge on any atom is -0.459 e. The molecule has 3 rings (SSSR count). The van der Waals surface area contributed by atoms with Gasteiger partial charge in [0.15, 0.2) is 8.32 Å². The Balaban J connectivity index is 1.72. The van der Waals surface area contributed by atoms with Gasteiger partial charge >= 0.3 is 0 Å². The smallest absolute Gasteiger partial charge is 0.251 e. The average Bonchev–Trinajstić information content (AvgIpc) is 2.80. The number of benzene rings is 2. The van der Waals surface area contributed by atoms with Gasteiger partial charge in [-0.15, -0.1) is 0 Å². The van der Waals surface area contributed by atoms with Crippen LogP contribution in [0.1, 0.15) is 26.3 Å². The van der Waals surface area contributed by atoms with E-state index in [0.717, 1.165) is 5.56 Å². The maximum absolute atomic E-state index is 6.51. The lowest BCUT2D eigenvalue weighted by Crippen LogP contribution is -2.54. The third kappa shape index (κ3) is 7.37. The van der Waals surface area contributed by atoms with Gasteiger partial charge in [0.05, 0.1) is 19.8 Å². The molecule has 0 bridgehead atoms. The number of ether oxygens (including phenoxy) is 5. The first-order valence-corrected chi connectivity index (χ1v) is 14.4. The van der Waals surface area contributed by atoms with Gasteiger partial charge in [-0.2, -0.15) is 0 Å². The minimum absolute atomic E-state index is 0.0982. The van der Waals surface area contributed by atoms with Crippen molar-refractivity contribution in [2.24, 2.45) is 0 Å². The Hall–Kier alpha value is -1.74. The Labute approximate surface area is 199 Å². The van der Waals surface area contributed by atoms with Crippen LogP contribution in [-0.2, 0) is 30.0 Å². The Morgan fingerprint density at radius 3 is 2.21 bits per heavy atom. The maximum Gasteiger partial charge on any atom is 0.251 e. The van der Waals surface area contributed by atoms with Gasteiger partial charge in [0.2, 0.25) is 6.29 Å². The molecule has 0 aromatic heterocycles. The molecule has 1 saturated heterocycles. The number of para-hydroxylation sites is 1. The topological polar surface area (TPSA) is 55.4 Å². The van der Waals surface area contributed by atoms with E-state index in [1.807, 2.05) is 60.7 Å². The highest BCUT2D eigenvalue weighted by atomic mass is 28.4. The van der Waals surface area contributed by atoms with E-state index >= 15 is 0 Å². The monoisotopic (exact) mass is 474 g/mol. The predicted molar refractivity (Wildman–Crippen MR) is 131 cm³/mol. The molecule has 0 radical (unpaired) electrons. The molecule has 0 spiro atoms. The molecule has 2 aromatic carbocycles. The van der Waals surface area contributed by atoms with Crippen LogP contribution in [0.4, 0.5) is 0 Å². The third-order valence-corrected chi connectivity index (χ3v) is 10.8. The second-order valence-electron chi connectivity index (χ2n) is 9.82. The molecule has 0 N–H and O–H groups in total. The lowest BCUT2D eigenvalue weighted by Gasteiger charge is -2.41. The van der Waals surface area contributed by atoms with Crippen LogP contribution < -0.4 is 4.74 Å². The zero-order chi connectivity index (χ0) is 23.9. The lowest BCUT2D eigenvalue weighted by atomic mass is 10.2. The largest absolute Gasteiger partial charge is 0.459 e. The molecule has 1 heterocycles. The van der Waals surface area contributed by atoms with E-state index in [0.29, 0.717) is 25.6 Å². The van der Waals surface area contributed by atoms with E-state index in [9.17, 15) is 0 Å². The SMILES string of the molecule is CO[C@@H]1OC[C@H]([C@H](CO[Si](C)(C)C(C)(C)C)OCc2ccccc2)O[C@H]1Oc1ccccc1. The summed E-state index contributed by atoms with van der Waals surface area (Å²) in [5.74, 6) is 0.688. The van der Waals surface area contributed by atoms with Crippen LogP contribution in [-0.4, -0.2) is 53.4 Å². The molecule has 7 heteroatoms. The van der Waals surface area contributed by atoms with Gasteiger partial charge in [0.25, 0.3) is 6.29 Å². The van der Waals surface area contributed by atoms with E-state index in [4.69, 9.17) is 28.1 Å². The van der Waals surface area contributed by atoms with Crippen molar-refractivity contribution in [2.75, 3.05) is 20.3 Å². The first kappa shape index (κ1) is 25.9. The number of methoxy groups -OCH3 is 1. The average molecular weight is 475 g/mol. The van der Waals surface area contributed by atoms with Crippen LogP contribution in [0.3, 0.4) is 0 Å². The predicted octanol–water partition coefficient (Wildman–Crippen LogP) is 5.39. The normalized spacial score (nSPS) is 22.7. The van der Waals surface area contributed by atoms with Crippen LogP contribution in [0.2, 0.25) is 18.1 Å². The number of rotatable bonds is 10. The molecule has 182 valence electrons. The Morgan fingerprint density at radius 1 is 0.970 bits per heavy atom. The van der Waals surface area contributed by atoms with E-state index in [-0.39, 0.29) is 17.2 Å². The van der Waals surface area contributed by atoms with Gasteiger partial charge in [-0.25, -0.2) is 0 Å². The molecule has 0 amide bonds. The summed E-state index contributed by atoms with van der Waals surface area (Å²) in [6, 6.07) is 19.6. The maximum atomic E-state index is 6.51. The lowest BCUT2D eigenvalue weighted by molar-refractivity contribution is -0.327. The van der Waals surface area contributed by atoms with Crippen molar-refractivity contribution < 1.29 is 28.1 Å². The quantitative estimate of drug-likeness (QED) is 0.431. The fraction of sp³-hybridized carbons (Fsp3) is 0.538. The first-order valence-electron chi connectivity index (χ1n) is 11.5.